The predicted octanol–water partition coefficient (Wildman–Crippen LogP) is 5.65. The van der Waals surface area contributed by atoms with Crippen LogP contribution in [0.3, 0.4) is 0 Å². The molecule has 0 spiro atoms. The number of rotatable bonds is 6. The lowest BCUT2D eigenvalue weighted by atomic mass is 10.1. The Bertz CT molecular complexity index is 1790. The predicted molar refractivity (Wildman–Crippen MR) is 164 cm³/mol. The maximum atomic E-state index is 13.7. The van der Waals surface area contributed by atoms with E-state index >= 15 is 0 Å². The monoisotopic (exact) mass is 587 g/mol. The highest BCUT2D eigenvalue weighted by molar-refractivity contribution is 6.36. The van der Waals surface area contributed by atoms with Crippen LogP contribution in [-0.2, 0) is 0 Å². The summed E-state index contributed by atoms with van der Waals surface area (Å²) >= 11 is 12.8. The van der Waals surface area contributed by atoms with Crippen LogP contribution in [0.25, 0.3) is 27.8 Å². The number of hydrogen-bond donors (Lipinski definition) is 1. The minimum absolute atomic E-state index is 0.280. The number of piperazine rings is 1. The average molecular weight is 588 g/mol. The van der Waals surface area contributed by atoms with Crippen molar-refractivity contribution in [3.8, 4) is 22.7 Å². The van der Waals surface area contributed by atoms with Crippen LogP contribution in [0, 0.1) is 0 Å². The van der Waals surface area contributed by atoms with Crippen LogP contribution in [0.5, 0.6) is 5.75 Å². The highest BCUT2D eigenvalue weighted by Gasteiger charge is 2.20. The van der Waals surface area contributed by atoms with Gasteiger partial charge in [0, 0.05) is 54.3 Å². The summed E-state index contributed by atoms with van der Waals surface area (Å²) in [6.45, 7) is 4.06. The van der Waals surface area contributed by atoms with Crippen LogP contribution in [0.4, 0.5) is 17.3 Å². The molecule has 6 rings (SSSR count). The molecule has 5 aromatic rings. The van der Waals surface area contributed by atoms with E-state index in [1.54, 1.807) is 37.4 Å². The molecule has 0 saturated carbocycles. The SMILES string of the molecule is COc1ccccc1-n1nc(-c2ccc(Cl)cc2Cl)c2nc(Nc3ccc(N4CCN(C)CC4)cc3)ncc2c1=O. The van der Waals surface area contributed by atoms with Crippen LogP contribution in [0.2, 0.25) is 10.0 Å². The number of hydrogen-bond acceptors (Lipinski definition) is 8. The minimum Gasteiger partial charge on any atom is -0.494 e. The van der Waals surface area contributed by atoms with Crippen LogP contribution in [0.15, 0.2) is 77.7 Å². The van der Waals surface area contributed by atoms with Gasteiger partial charge in [-0.25, -0.2) is 9.97 Å². The maximum absolute atomic E-state index is 13.7. The lowest BCUT2D eigenvalue weighted by molar-refractivity contribution is 0.313. The van der Waals surface area contributed by atoms with Crippen molar-refractivity contribution in [2.45, 2.75) is 0 Å². The highest BCUT2D eigenvalue weighted by Crippen LogP contribution is 2.33. The number of likely N-dealkylation sites (N-methyl/N-ethyl adjacent to an activating group) is 1. The molecule has 1 fully saturated rings. The molecule has 208 valence electrons. The molecule has 9 nitrogen and oxygen atoms in total. The molecule has 0 atom stereocenters. The topological polar surface area (TPSA) is 88.4 Å². The summed E-state index contributed by atoms with van der Waals surface area (Å²) in [5, 5.41) is 9.13. The zero-order valence-electron chi connectivity index (χ0n) is 22.5. The minimum atomic E-state index is -0.388. The van der Waals surface area contributed by atoms with Gasteiger partial charge in [-0.2, -0.15) is 9.78 Å². The number of anilines is 3. The van der Waals surface area contributed by atoms with Crippen molar-refractivity contribution in [2.75, 3.05) is 50.6 Å². The van der Waals surface area contributed by atoms with E-state index in [2.05, 4.69) is 39.3 Å². The molecule has 0 radical (unpaired) electrons. The maximum Gasteiger partial charge on any atom is 0.282 e. The van der Waals surface area contributed by atoms with Gasteiger partial charge in [0.2, 0.25) is 5.95 Å². The first-order chi connectivity index (χ1) is 19.9. The summed E-state index contributed by atoms with van der Waals surface area (Å²) in [7, 11) is 3.68. The first-order valence-electron chi connectivity index (χ1n) is 13.1. The lowest BCUT2D eigenvalue weighted by Gasteiger charge is -2.34. The van der Waals surface area contributed by atoms with E-state index in [1.807, 2.05) is 24.3 Å². The van der Waals surface area contributed by atoms with Gasteiger partial charge in [0.15, 0.2) is 0 Å². The fourth-order valence-electron chi connectivity index (χ4n) is 4.87. The third-order valence-corrected chi connectivity index (χ3v) is 7.68. The Morgan fingerprint density at radius 1 is 0.951 bits per heavy atom. The molecule has 0 bridgehead atoms. The van der Waals surface area contributed by atoms with E-state index in [0.29, 0.717) is 44.2 Å². The molecule has 1 aliphatic heterocycles. The Morgan fingerprint density at radius 3 is 2.44 bits per heavy atom. The molecule has 0 aliphatic carbocycles. The summed E-state index contributed by atoms with van der Waals surface area (Å²) in [5.41, 5.74) is 3.43. The van der Waals surface area contributed by atoms with Crippen molar-refractivity contribution < 1.29 is 4.74 Å². The molecule has 1 aliphatic rings. The molecule has 3 aromatic carbocycles. The van der Waals surface area contributed by atoms with E-state index in [1.165, 1.54) is 16.6 Å². The van der Waals surface area contributed by atoms with Gasteiger partial charge < -0.3 is 19.9 Å². The molecule has 11 heteroatoms. The van der Waals surface area contributed by atoms with Crippen molar-refractivity contribution in [3.63, 3.8) is 0 Å². The first kappa shape index (κ1) is 27.0. The van der Waals surface area contributed by atoms with E-state index in [0.717, 1.165) is 31.9 Å². The Balaban J connectivity index is 1.42. The number of nitrogens with one attached hydrogen (secondary N) is 1. The van der Waals surface area contributed by atoms with Crippen molar-refractivity contribution in [1.82, 2.24) is 24.6 Å². The molecule has 41 heavy (non-hydrogen) atoms. The van der Waals surface area contributed by atoms with Crippen LogP contribution in [0.1, 0.15) is 0 Å². The second-order valence-corrected chi connectivity index (χ2v) is 10.6. The summed E-state index contributed by atoms with van der Waals surface area (Å²) in [6, 6.07) is 20.4. The summed E-state index contributed by atoms with van der Waals surface area (Å²) < 4.78 is 6.79. The number of aromatic nitrogens is 4. The van der Waals surface area contributed by atoms with E-state index in [-0.39, 0.29) is 10.9 Å². The third-order valence-electron chi connectivity index (χ3n) is 7.13. The van der Waals surface area contributed by atoms with Crippen molar-refractivity contribution >= 4 is 51.4 Å². The second kappa shape index (κ2) is 11.4. The Labute approximate surface area is 246 Å². The van der Waals surface area contributed by atoms with Gasteiger partial charge in [-0.3, -0.25) is 4.79 Å². The van der Waals surface area contributed by atoms with Gasteiger partial charge in [0.1, 0.15) is 22.6 Å². The van der Waals surface area contributed by atoms with Crippen molar-refractivity contribution in [2.24, 2.45) is 0 Å². The molecule has 1 saturated heterocycles. The fraction of sp³-hybridized carbons (Fsp3) is 0.200. The van der Waals surface area contributed by atoms with Crippen molar-refractivity contribution in [3.05, 3.63) is 93.3 Å². The third kappa shape index (κ3) is 5.44. The van der Waals surface area contributed by atoms with Crippen LogP contribution < -0.4 is 20.5 Å². The quantitative estimate of drug-likeness (QED) is 0.272. The lowest BCUT2D eigenvalue weighted by Crippen LogP contribution is -2.44. The van der Waals surface area contributed by atoms with Gasteiger partial charge in [0.05, 0.1) is 17.5 Å². The van der Waals surface area contributed by atoms with E-state index < -0.39 is 0 Å². The standard InChI is InChI=1S/C30H27Cl2N7O2/c1-37-13-15-38(16-14-37)21-10-8-20(9-11-21)34-30-33-18-23-27(35-30)28(22-12-7-19(31)17-24(22)32)36-39(29(23)40)25-5-3-4-6-26(25)41-2/h3-12,17-18H,13-16H2,1-2H3,(H,33,34,35). The molecular weight excluding hydrogens is 561 g/mol. The number of halogens is 2. The Hall–Kier alpha value is -4.18. The van der Waals surface area contributed by atoms with Gasteiger partial charge in [-0.15, -0.1) is 0 Å². The van der Waals surface area contributed by atoms with E-state index in [4.69, 9.17) is 38.0 Å². The molecule has 1 N–H and O–H groups in total. The number of para-hydroxylation sites is 2. The van der Waals surface area contributed by atoms with Crippen molar-refractivity contribution in [1.29, 1.82) is 0 Å². The highest BCUT2D eigenvalue weighted by atomic mass is 35.5. The van der Waals surface area contributed by atoms with Crippen LogP contribution in [-0.4, -0.2) is 65.0 Å². The first-order valence-corrected chi connectivity index (χ1v) is 13.9. The molecule has 2 aromatic heterocycles. The molecule has 3 heterocycles. The molecular formula is C30H27Cl2N7O2. The van der Waals surface area contributed by atoms with Gasteiger partial charge in [-0.05, 0) is 61.6 Å². The van der Waals surface area contributed by atoms with Gasteiger partial charge in [0.25, 0.3) is 5.56 Å². The molecule has 0 amide bonds. The number of nitrogens with zero attached hydrogens (tertiary/aromatic N) is 6. The summed E-state index contributed by atoms with van der Waals surface area (Å²) in [5.74, 6) is 0.821. The summed E-state index contributed by atoms with van der Waals surface area (Å²) in [6.07, 6.45) is 1.51. The molecule has 0 unspecified atom stereocenters. The Morgan fingerprint density at radius 2 is 1.71 bits per heavy atom. The number of methoxy groups -OCH3 is 1. The van der Waals surface area contributed by atoms with E-state index in [9.17, 15) is 4.79 Å². The second-order valence-electron chi connectivity index (χ2n) is 9.78. The van der Waals surface area contributed by atoms with Crippen LogP contribution >= 0.6 is 23.2 Å². The smallest absolute Gasteiger partial charge is 0.282 e. The zero-order chi connectivity index (χ0) is 28.5. The fourth-order valence-corrected chi connectivity index (χ4v) is 5.36. The normalized spacial score (nSPS) is 13.9. The van der Waals surface area contributed by atoms with Gasteiger partial charge >= 0.3 is 0 Å². The Kier molecular flexibility index (Phi) is 7.49. The summed E-state index contributed by atoms with van der Waals surface area (Å²) in [4.78, 5) is 27.6. The zero-order valence-corrected chi connectivity index (χ0v) is 24.0. The number of benzene rings is 3. The largest absolute Gasteiger partial charge is 0.494 e. The number of ether oxygens (including phenoxy) is 1. The number of fused-ring (bicyclic) bond motifs is 1. The average Bonchev–Trinajstić information content (AvgIpc) is 2.99. The van der Waals surface area contributed by atoms with Gasteiger partial charge in [-0.1, -0.05) is 35.3 Å².